The molecule has 1 fully saturated rings. The summed E-state index contributed by atoms with van der Waals surface area (Å²) in [4.78, 5) is 2.40. The fourth-order valence-electron chi connectivity index (χ4n) is 3.02. The number of aliphatic hydroxyl groups is 1. The molecule has 2 unspecified atom stereocenters. The van der Waals surface area contributed by atoms with Crippen molar-refractivity contribution in [3.63, 3.8) is 0 Å². The maximum Gasteiger partial charge on any atom is 0.0863 e. The molecule has 1 aliphatic rings. The van der Waals surface area contributed by atoms with Gasteiger partial charge in [-0.1, -0.05) is 25.4 Å². The van der Waals surface area contributed by atoms with E-state index < -0.39 is 0 Å². The first kappa shape index (κ1) is 15.8. The number of rotatable bonds is 5. The van der Waals surface area contributed by atoms with Crippen LogP contribution in [0.25, 0.3) is 0 Å². The third-order valence-electron chi connectivity index (χ3n) is 4.37. The Hall–Kier alpha value is -0.580. The van der Waals surface area contributed by atoms with Crippen molar-refractivity contribution in [2.45, 2.75) is 59.2 Å². The molecule has 5 heteroatoms. The van der Waals surface area contributed by atoms with Crippen LogP contribution in [0.2, 0.25) is 5.02 Å². The fourth-order valence-corrected chi connectivity index (χ4v) is 3.35. The van der Waals surface area contributed by atoms with E-state index in [4.69, 9.17) is 11.6 Å². The first-order valence-corrected chi connectivity index (χ1v) is 8.12. The molecule has 1 aromatic heterocycles. The van der Waals surface area contributed by atoms with Crippen LogP contribution >= 0.6 is 11.6 Å². The first-order valence-electron chi connectivity index (χ1n) is 7.75. The minimum atomic E-state index is -0.144. The maximum atomic E-state index is 9.98. The second-order valence-electron chi connectivity index (χ2n) is 5.64. The molecule has 0 aliphatic carbocycles. The normalized spacial score (nSPS) is 24.2. The smallest absolute Gasteiger partial charge is 0.0863 e. The lowest BCUT2D eigenvalue weighted by atomic mass is 9.92. The van der Waals surface area contributed by atoms with E-state index in [0.717, 1.165) is 61.9 Å². The van der Waals surface area contributed by atoms with Crippen LogP contribution in [0.4, 0.5) is 0 Å². The van der Waals surface area contributed by atoms with E-state index in [0.29, 0.717) is 5.92 Å². The number of piperidine rings is 1. The lowest BCUT2D eigenvalue weighted by Gasteiger charge is -2.35. The van der Waals surface area contributed by atoms with Crippen molar-refractivity contribution < 1.29 is 5.11 Å². The summed E-state index contributed by atoms with van der Waals surface area (Å²) in [5.41, 5.74) is 2.12. The highest BCUT2D eigenvalue weighted by atomic mass is 35.5. The zero-order valence-electron chi connectivity index (χ0n) is 12.8. The molecule has 1 saturated heterocycles. The molecule has 114 valence electrons. The Bertz CT molecular complexity index is 447. The number of halogens is 1. The van der Waals surface area contributed by atoms with E-state index in [1.54, 1.807) is 0 Å². The van der Waals surface area contributed by atoms with Gasteiger partial charge in [0.05, 0.1) is 22.5 Å². The van der Waals surface area contributed by atoms with E-state index in [9.17, 15) is 5.11 Å². The quantitative estimate of drug-likeness (QED) is 0.909. The summed E-state index contributed by atoms with van der Waals surface area (Å²) < 4.78 is 2.02. The Balaban J connectivity index is 2.11. The third kappa shape index (κ3) is 3.18. The molecule has 20 heavy (non-hydrogen) atoms. The minimum absolute atomic E-state index is 0.144. The number of hydrogen-bond acceptors (Lipinski definition) is 3. The summed E-state index contributed by atoms with van der Waals surface area (Å²) in [6, 6.07) is 0. The minimum Gasteiger partial charge on any atom is -0.393 e. The average Bonchev–Trinajstić information content (AvgIpc) is 2.77. The number of hydrogen-bond donors (Lipinski definition) is 1. The predicted molar refractivity (Wildman–Crippen MR) is 82.0 cm³/mol. The molecule has 0 saturated carbocycles. The molecule has 1 aliphatic heterocycles. The Kier molecular flexibility index (Phi) is 5.47. The molecular weight excluding hydrogens is 274 g/mol. The molecule has 2 atom stereocenters. The molecular formula is C15H26ClN3O. The van der Waals surface area contributed by atoms with Crippen molar-refractivity contribution in [1.82, 2.24) is 14.7 Å². The lowest BCUT2D eigenvalue weighted by Crippen LogP contribution is -2.42. The standard InChI is InChI=1S/C15H26ClN3O/c1-4-11-9-18(8-7-14(11)20)10-13-15(16)12(5-2)17-19(13)6-3/h11,14,20H,4-10H2,1-3H3. The van der Waals surface area contributed by atoms with Crippen LogP contribution in [0, 0.1) is 5.92 Å². The second-order valence-corrected chi connectivity index (χ2v) is 6.01. The molecule has 4 nitrogen and oxygen atoms in total. The van der Waals surface area contributed by atoms with E-state index in [-0.39, 0.29) is 6.10 Å². The highest BCUT2D eigenvalue weighted by Crippen LogP contribution is 2.26. The summed E-state index contributed by atoms with van der Waals surface area (Å²) in [6.07, 6.45) is 2.61. The number of aryl methyl sites for hydroxylation is 2. The van der Waals surface area contributed by atoms with Gasteiger partial charge in [-0.25, -0.2) is 0 Å². The second kappa shape index (κ2) is 6.92. The molecule has 0 radical (unpaired) electrons. The van der Waals surface area contributed by atoms with Gasteiger partial charge in [0.1, 0.15) is 0 Å². The fraction of sp³-hybridized carbons (Fsp3) is 0.800. The molecule has 0 spiro atoms. The zero-order chi connectivity index (χ0) is 14.7. The van der Waals surface area contributed by atoms with E-state index in [2.05, 4.69) is 30.8 Å². The van der Waals surface area contributed by atoms with Gasteiger partial charge in [-0.2, -0.15) is 5.10 Å². The number of likely N-dealkylation sites (tertiary alicyclic amines) is 1. The summed E-state index contributed by atoms with van der Waals surface area (Å²) >= 11 is 6.47. The largest absolute Gasteiger partial charge is 0.393 e. The van der Waals surface area contributed by atoms with Crippen molar-refractivity contribution in [2.24, 2.45) is 5.92 Å². The van der Waals surface area contributed by atoms with Crippen LogP contribution in [0.3, 0.4) is 0 Å². The van der Waals surface area contributed by atoms with Gasteiger partial charge in [-0.05, 0) is 32.1 Å². The monoisotopic (exact) mass is 299 g/mol. The van der Waals surface area contributed by atoms with Crippen molar-refractivity contribution in [2.75, 3.05) is 13.1 Å². The van der Waals surface area contributed by atoms with Crippen molar-refractivity contribution in [3.05, 3.63) is 16.4 Å². The molecule has 1 N–H and O–H groups in total. The van der Waals surface area contributed by atoms with Gasteiger partial charge in [0.2, 0.25) is 0 Å². The highest BCUT2D eigenvalue weighted by Gasteiger charge is 2.27. The average molecular weight is 300 g/mol. The van der Waals surface area contributed by atoms with Crippen molar-refractivity contribution in [3.8, 4) is 0 Å². The lowest BCUT2D eigenvalue weighted by molar-refractivity contribution is 0.0213. The van der Waals surface area contributed by atoms with E-state index in [1.165, 1.54) is 0 Å². The van der Waals surface area contributed by atoms with Gasteiger partial charge in [0, 0.05) is 26.2 Å². The number of aliphatic hydroxyl groups excluding tert-OH is 1. The van der Waals surface area contributed by atoms with Crippen LogP contribution in [0.5, 0.6) is 0 Å². The SMILES string of the molecule is CCc1nn(CC)c(CN2CCC(O)C(CC)C2)c1Cl. The molecule has 0 amide bonds. The molecule has 2 heterocycles. The first-order chi connectivity index (χ1) is 9.60. The topological polar surface area (TPSA) is 41.3 Å². The van der Waals surface area contributed by atoms with Gasteiger partial charge in [0.15, 0.2) is 0 Å². The Morgan fingerprint density at radius 3 is 2.70 bits per heavy atom. The van der Waals surface area contributed by atoms with E-state index >= 15 is 0 Å². The Labute approximate surface area is 126 Å². The van der Waals surface area contributed by atoms with Gasteiger partial charge >= 0.3 is 0 Å². The zero-order valence-corrected chi connectivity index (χ0v) is 13.5. The Morgan fingerprint density at radius 1 is 1.35 bits per heavy atom. The van der Waals surface area contributed by atoms with Gasteiger partial charge in [-0.3, -0.25) is 9.58 Å². The summed E-state index contributed by atoms with van der Waals surface area (Å²) in [5, 5.41) is 15.4. The van der Waals surface area contributed by atoms with Crippen molar-refractivity contribution >= 4 is 11.6 Å². The molecule has 0 bridgehead atoms. The summed E-state index contributed by atoms with van der Waals surface area (Å²) in [6.45, 7) is 9.90. The predicted octanol–water partition coefficient (Wildman–Crippen LogP) is 2.71. The van der Waals surface area contributed by atoms with Crippen LogP contribution in [0.15, 0.2) is 0 Å². The summed E-state index contributed by atoms with van der Waals surface area (Å²) in [7, 11) is 0. The Morgan fingerprint density at radius 2 is 2.10 bits per heavy atom. The molecule has 2 rings (SSSR count). The van der Waals surface area contributed by atoms with Gasteiger partial charge in [-0.15, -0.1) is 0 Å². The third-order valence-corrected chi connectivity index (χ3v) is 4.81. The van der Waals surface area contributed by atoms with E-state index in [1.807, 2.05) is 4.68 Å². The molecule has 1 aromatic rings. The van der Waals surface area contributed by atoms with Crippen LogP contribution in [0.1, 0.15) is 45.0 Å². The van der Waals surface area contributed by atoms with Gasteiger partial charge < -0.3 is 5.11 Å². The number of nitrogens with zero attached hydrogens (tertiary/aromatic N) is 3. The van der Waals surface area contributed by atoms with Crippen LogP contribution < -0.4 is 0 Å². The van der Waals surface area contributed by atoms with Crippen LogP contribution in [-0.2, 0) is 19.5 Å². The van der Waals surface area contributed by atoms with Gasteiger partial charge in [0.25, 0.3) is 0 Å². The highest BCUT2D eigenvalue weighted by molar-refractivity contribution is 6.31. The van der Waals surface area contributed by atoms with Crippen LogP contribution in [-0.4, -0.2) is 39.0 Å². The van der Waals surface area contributed by atoms with Crippen molar-refractivity contribution in [1.29, 1.82) is 0 Å². The summed E-state index contributed by atoms with van der Waals surface area (Å²) in [5.74, 6) is 0.381. The maximum absolute atomic E-state index is 9.98. The number of aromatic nitrogens is 2. The molecule has 0 aromatic carbocycles.